The molecule has 0 aromatic rings. The molecule has 2 fully saturated rings. The zero-order valence-corrected chi connectivity index (χ0v) is 13.8. The number of amides is 1. The Hall–Kier alpha value is -0.610. The molecular weight excluding hydrogens is 250 g/mol. The Morgan fingerprint density at radius 2 is 1.60 bits per heavy atom. The van der Waals surface area contributed by atoms with Crippen LogP contribution in [0.25, 0.3) is 0 Å². The fraction of sp³-hybridized carbons (Fsp3) is 0.938. The van der Waals surface area contributed by atoms with Gasteiger partial charge < -0.3 is 10.2 Å². The molecule has 2 aliphatic heterocycles. The van der Waals surface area contributed by atoms with E-state index < -0.39 is 0 Å². The Bertz CT molecular complexity index is 267. The van der Waals surface area contributed by atoms with E-state index in [1.54, 1.807) is 0 Å². The van der Waals surface area contributed by atoms with E-state index in [0.717, 1.165) is 45.3 Å². The van der Waals surface area contributed by atoms with E-state index in [1.165, 1.54) is 19.3 Å². The summed E-state index contributed by atoms with van der Waals surface area (Å²) in [7, 11) is 0. The molecule has 0 saturated carbocycles. The first-order chi connectivity index (χ1) is 9.60. The summed E-state index contributed by atoms with van der Waals surface area (Å²) in [5, 5.41) is 3.40. The van der Waals surface area contributed by atoms with E-state index in [-0.39, 0.29) is 5.92 Å². The summed E-state index contributed by atoms with van der Waals surface area (Å²) >= 11 is 0. The largest absolute Gasteiger partial charge is 0.340 e. The van der Waals surface area contributed by atoms with Crippen molar-refractivity contribution in [3.8, 4) is 0 Å². The first-order valence-corrected chi connectivity index (χ1v) is 8.33. The lowest BCUT2D eigenvalue weighted by Crippen LogP contribution is -2.54. The summed E-state index contributed by atoms with van der Waals surface area (Å²) in [5.74, 6) is 0.454. The Labute approximate surface area is 124 Å². The molecule has 20 heavy (non-hydrogen) atoms. The third-order valence-corrected chi connectivity index (χ3v) is 3.94. The fourth-order valence-electron chi connectivity index (χ4n) is 2.84. The van der Waals surface area contributed by atoms with Gasteiger partial charge in [0.1, 0.15) is 0 Å². The summed E-state index contributed by atoms with van der Waals surface area (Å²) in [6, 6.07) is 0.743. The number of hydrogen-bond donors (Lipinski definition) is 1. The molecule has 0 unspecified atom stereocenters. The molecule has 0 aromatic carbocycles. The third kappa shape index (κ3) is 5.41. The highest BCUT2D eigenvalue weighted by atomic mass is 16.2. The van der Waals surface area contributed by atoms with Gasteiger partial charge in [-0.1, -0.05) is 34.1 Å². The van der Waals surface area contributed by atoms with Crippen LogP contribution in [0.3, 0.4) is 0 Å². The van der Waals surface area contributed by atoms with Gasteiger partial charge in [-0.2, -0.15) is 0 Å². The average Bonchev–Trinajstić information content (AvgIpc) is 2.48. The molecule has 2 heterocycles. The van der Waals surface area contributed by atoms with Gasteiger partial charge in [0.15, 0.2) is 0 Å². The molecule has 1 N–H and O–H groups in total. The van der Waals surface area contributed by atoms with Crippen molar-refractivity contribution in [2.75, 3.05) is 39.3 Å². The number of nitrogens with zero attached hydrogens (tertiary/aromatic N) is 2. The van der Waals surface area contributed by atoms with Gasteiger partial charge in [0.05, 0.1) is 0 Å². The Kier molecular flexibility index (Phi) is 8.15. The number of piperidine rings is 1. The predicted octanol–water partition coefficient (Wildman–Crippen LogP) is 1.95. The lowest BCUT2D eigenvalue weighted by Gasteiger charge is -2.41. The van der Waals surface area contributed by atoms with Gasteiger partial charge in [0.25, 0.3) is 0 Å². The summed E-state index contributed by atoms with van der Waals surface area (Å²) in [4.78, 5) is 16.5. The summed E-state index contributed by atoms with van der Waals surface area (Å²) in [6.07, 6.45) is 3.77. The Morgan fingerprint density at radius 3 is 2.05 bits per heavy atom. The van der Waals surface area contributed by atoms with E-state index >= 15 is 0 Å². The van der Waals surface area contributed by atoms with Crippen LogP contribution in [-0.2, 0) is 4.79 Å². The normalized spacial score (nSPS) is 21.6. The van der Waals surface area contributed by atoms with Crippen LogP contribution in [0, 0.1) is 5.92 Å². The highest BCUT2D eigenvalue weighted by Crippen LogP contribution is 2.15. The fourth-order valence-corrected chi connectivity index (χ4v) is 2.84. The lowest BCUT2D eigenvalue weighted by molar-refractivity contribution is -0.136. The standard InChI is InChI=1S/C13H25N3O.C3H8/c1-11(2)13(17)16-9-7-15(8-10-16)12-3-5-14-6-4-12;1-3-2/h11-12,14H,3-10H2,1-2H3;3H2,1-2H3. The van der Waals surface area contributed by atoms with Gasteiger partial charge in [-0.25, -0.2) is 0 Å². The highest BCUT2D eigenvalue weighted by Gasteiger charge is 2.27. The van der Waals surface area contributed by atoms with Crippen LogP contribution in [0.4, 0.5) is 0 Å². The minimum Gasteiger partial charge on any atom is -0.340 e. The highest BCUT2D eigenvalue weighted by molar-refractivity contribution is 5.78. The van der Waals surface area contributed by atoms with Crippen LogP contribution in [0.1, 0.15) is 47.0 Å². The zero-order valence-electron chi connectivity index (χ0n) is 13.8. The number of carbonyl (C=O) groups is 1. The topological polar surface area (TPSA) is 35.6 Å². The molecule has 0 aromatic heterocycles. The van der Waals surface area contributed by atoms with Crippen molar-refractivity contribution in [1.29, 1.82) is 0 Å². The van der Waals surface area contributed by atoms with Crippen molar-refractivity contribution in [2.45, 2.75) is 53.0 Å². The van der Waals surface area contributed by atoms with Gasteiger partial charge in [0, 0.05) is 38.1 Å². The zero-order chi connectivity index (χ0) is 15.0. The molecule has 118 valence electrons. The van der Waals surface area contributed by atoms with Crippen LogP contribution in [0.5, 0.6) is 0 Å². The molecule has 0 radical (unpaired) electrons. The number of hydrogen-bond acceptors (Lipinski definition) is 3. The van der Waals surface area contributed by atoms with Gasteiger partial charge in [-0.15, -0.1) is 0 Å². The second-order valence-electron chi connectivity index (χ2n) is 6.20. The molecule has 4 heteroatoms. The van der Waals surface area contributed by atoms with Gasteiger partial charge >= 0.3 is 0 Å². The molecule has 2 aliphatic rings. The minimum atomic E-state index is 0.139. The number of nitrogens with one attached hydrogen (secondary N) is 1. The Balaban J connectivity index is 0.000000612. The van der Waals surface area contributed by atoms with Crippen LogP contribution in [0.15, 0.2) is 0 Å². The number of rotatable bonds is 2. The van der Waals surface area contributed by atoms with Crippen molar-refractivity contribution < 1.29 is 4.79 Å². The molecule has 0 spiro atoms. The average molecular weight is 283 g/mol. The summed E-state index contributed by atoms with van der Waals surface area (Å²) < 4.78 is 0. The molecular formula is C16H33N3O. The van der Waals surface area contributed by atoms with Crippen LogP contribution >= 0.6 is 0 Å². The summed E-state index contributed by atoms with van der Waals surface area (Å²) in [6.45, 7) is 14.5. The molecule has 1 amide bonds. The molecule has 2 saturated heterocycles. The molecule has 4 nitrogen and oxygen atoms in total. The van der Waals surface area contributed by atoms with Gasteiger partial charge in [-0.3, -0.25) is 9.69 Å². The third-order valence-electron chi connectivity index (χ3n) is 3.94. The molecule has 0 atom stereocenters. The van der Waals surface area contributed by atoms with Crippen molar-refractivity contribution in [3.63, 3.8) is 0 Å². The lowest BCUT2D eigenvalue weighted by atomic mass is 10.0. The van der Waals surface area contributed by atoms with Crippen molar-refractivity contribution >= 4 is 5.91 Å². The maximum atomic E-state index is 11.9. The van der Waals surface area contributed by atoms with E-state index in [0.29, 0.717) is 5.91 Å². The smallest absolute Gasteiger partial charge is 0.225 e. The van der Waals surface area contributed by atoms with E-state index in [1.807, 2.05) is 18.7 Å². The Morgan fingerprint density at radius 1 is 1.10 bits per heavy atom. The second kappa shape index (κ2) is 9.35. The van der Waals surface area contributed by atoms with Crippen LogP contribution in [0.2, 0.25) is 0 Å². The van der Waals surface area contributed by atoms with Gasteiger partial charge in [-0.05, 0) is 25.9 Å². The number of carbonyl (C=O) groups excluding carboxylic acids is 1. The summed E-state index contributed by atoms with van der Waals surface area (Å²) in [5.41, 5.74) is 0. The quantitative estimate of drug-likeness (QED) is 0.841. The molecule has 2 rings (SSSR count). The van der Waals surface area contributed by atoms with Crippen molar-refractivity contribution in [2.24, 2.45) is 5.92 Å². The minimum absolute atomic E-state index is 0.139. The second-order valence-corrected chi connectivity index (χ2v) is 6.20. The monoisotopic (exact) mass is 283 g/mol. The number of piperazine rings is 1. The van der Waals surface area contributed by atoms with E-state index in [9.17, 15) is 4.79 Å². The molecule has 0 bridgehead atoms. The van der Waals surface area contributed by atoms with Crippen LogP contribution in [-0.4, -0.2) is 61.0 Å². The van der Waals surface area contributed by atoms with Gasteiger partial charge in [0.2, 0.25) is 5.91 Å². The maximum Gasteiger partial charge on any atom is 0.225 e. The van der Waals surface area contributed by atoms with E-state index in [4.69, 9.17) is 0 Å². The maximum absolute atomic E-state index is 11.9. The van der Waals surface area contributed by atoms with Crippen LogP contribution < -0.4 is 5.32 Å². The first kappa shape index (κ1) is 17.4. The predicted molar refractivity (Wildman–Crippen MR) is 84.8 cm³/mol. The van der Waals surface area contributed by atoms with Crippen molar-refractivity contribution in [1.82, 2.24) is 15.1 Å². The van der Waals surface area contributed by atoms with Crippen molar-refractivity contribution in [3.05, 3.63) is 0 Å². The van der Waals surface area contributed by atoms with E-state index in [2.05, 4.69) is 24.1 Å². The SMILES string of the molecule is CC(C)C(=O)N1CCN(C2CCNCC2)CC1.CCC. The first-order valence-electron chi connectivity index (χ1n) is 8.33. The molecule has 0 aliphatic carbocycles.